The molecule has 0 amide bonds. The van der Waals surface area contributed by atoms with Crippen molar-refractivity contribution < 1.29 is 0 Å². The lowest BCUT2D eigenvalue weighted by Crippen LogP contribution is -2.13. The fourth-order valence-electron chi connectivity index (χ4n) is 0.813. The molecule has 0 aliphatic rings. The topological polar surface area (TPSA) is 64.7 Å². The molecule has 15 heavy (non-hydrogen) atoms. The minimum atomic E-state index is 0.403. The number of thiol groups is 2. The van der Waals surface area contributed by atoms with E-state index in [1.54, 1.807) is 6.07 Å². The Morgan fingerprint density at radius 3 is 2.07 bits per heavy atom. The standard InChI is InChI=1S/C6H15N.C3H3N3S2/c1-3-4-5-6(2)7;7-2-1-3(8)5-6-4-2/h6H,3-5,7H2,1-2H3;1H,(H2,4,5,7,8). The summed E-state index contributed by atoms with van der Waals surface area (Å²) in [5.74, 6) is 0. The predicted molar refractivity (Wildman–Crippen MR) is 67.5 cm³/mol. The van der Waals surface area contributed by atoms with E-state index in [4.69, 9.17) is 5.73 Å². The van der Waals surface area contributed by atoms with Crippen molar-refractivity contribution >= 4 is 25.3 Å². The summed E-state index contributed by atoms with van der Waals surface area (Å²) in [6.07, 6.45) is 3.72. The van der Waals surface area contributed by atoms with E-state index in [0.717, 1.165) is 0 Å². The Bertz CT molecular complexity index is 251. The van der Waals surface area contributed by atoms with Crippen LogP contribution in [0.2, 0.25) is 0 Å². The van der Waals surface area contributed by atoms with Gasteiger partial charge in [0.2, 0.25) is 0 Å². The normalized spacial score (nSPS) is 11.5. The molecule has 6 heteroatoms. The molecule has 0 aliphatic carbocycles. The summed E-state index contributed by atoms with van der Waals surface area (Å²) in [4.78, 5) is 0. The van der Waals surface area contributed by atoms with Gasteiger partial charge in [-0.15, -0.1) is 35.5 Å². The highest BCUT2D eigenvalue weighted by atomic mass is 32.1. The first-order valence-electron chi connectivity index (χ1n) is 4.90. The number of nitrogens with two attached hydrogens (primary N) is 1. The largest absolute Gasteiger partial charge is 0.328 e. The van der Waals surface area contributed by atoms with Crippen LogP contribution in [0.1, 0.15) is 33.1 Å². The monoisotopic (exact) mass is 246 g/mol. The minimum absolute atomic E-state index is 0.403. The van der Waals surface area contributed by atoms with Crippen LogP contribution in [-0.4, -0.2) is 21.5 Å². The Hall–Kier alpha value is -0.330. The number of nitrogens with zero attached hydrogens (tertiary/aromatic N) is 3. The molecule has 0 radical (unpaired) electrons. The van der Waals surface area contributed by atoms with Gasteiger partial charge in [-0.1, -0.05) is 19.8 Å². The number of aromatic nitrogens is 3. The van der Waals surface area contributed by atoms with Gasteiger partial charge in [0.15, 0.2) is 0 Å². The van der Waals surface area contributed by atoms with Crippen molar-refractivity contribution in [1.29, 1.82) is 0 Å². The van der Waals surface area contributed by atoms with E-state index in [1.807, 2.05) is 0 Å². The molecule has 86 valence electrons. The molecule has 1 heterocycles. The molecular weight excluding hydrogens is 228 g/mol. The van der Waals surface area contributed by atoms with Gasteiger partial charge in [0.1, 0.15) is 10.1 Å². The molecule has 0 spiro atoms. The smallest absolute Gasteiger partial charge is 0.120 e. The van der Waals surface area contributed by atoms with Crippen LogP contribution in [-0.2, 0) is 0 Å². The van der Waals surface area contributed by atoms with Crippen molar-refractivity contribution in [3.63, 3.8) is 0 Å². The highest BCUT2D eigenvalue weighted by molar-refractivity contribution is 7.81. The van der Waals surface area contributed by atoms with Crippen LogP contribution in [0.3, 0.4) is 0 Å². The van der Waals surface area contributed by atoms with E-state index in [1.165, 1.54) is 19.3 Å². The first kappa shape index (κ1) is 14.7. The lowest BCUT2D eigenvalue weighted by atomic mass is 10.2. The van der Waals surface area contributed by atoms with Gasteiger partial charge >= 0.3 is 0 Å². The van der Waals surface area contributed by atoms with Crippen LogP contribution in [0.4, 0.5) is 0 Å². The van der Waals surface area contributed by atoms with E-state index in [0.29, 0.717) is 16.1 Å². The molecular formula is C9H18N4S2. The molecule has 4 nitrogen and oxygen atoms in total. The van der Waals surface area contributed by atoms with Gasteiger partial charge in [-0.25, -0.2) is 0 Å². The van der Waals surface area contributed by atoms with Gasteiger partial charge in [-0.2, -0.15) is 0 Å². The Balaban J connectivity index is 0.000000265. The van der Waals surface area contributed by atoms with Gasteiger partial charge in [-0.3, -0.25) is 0 Å². The summed E-state index contributed by atoms with van der Waals surface area (Å²) in [5, 5.41) is 11.4. The lowest BCUT2D eigenvalue weighted by Gasteiger charge is -1.99. The lowest BCUT2D eigenvalue weighted by molar-refractivity contribution is 0.616. The van der Waals surface area contributed by atoms with Gasteiger partial charge < -0.3 is 5.73 Å². The van der Waals surface area contributed by atoms with E-state index in [-0.39, 0.29) is 0 Å². The van der Waals surface area contributed by atoms with Crippen molar-refractivity contribution in [1.82, 2.24) is 15.4 Å². The minimum Gasteiger partial charge on any atom is -0.328 e. The zero-order chi connectivity index (χ0) is 11.7. The third kappa shape index (κ3) is 9.96. The van der Waals surface area contributed by atoms with Crippen LogP contribution in [0, 0.1) is 0 Å². The molecule has 1 aromatic heterocycles. The summed E-state index contributed by atoms with van der Waals surface area (Å²) < 4.78 is 0. The molecule has 0 aliphatic heterocycles. The number of hydrogen-bond donors (Lipinski definition) is 3. The van der Waals surface area contributed by atoms with Crippen molar-refractivity contribution in [3.05, 3.63) is 6.07 Å². The van der Waals surface area contributed by atoms with E-state index in [2.05, 4.69) is 54.5 Å². The number of hydrogen-bond acceptors (Lipinski definition) is 6. The molecule has 0 bridgehead atoms. The Morgan fingerprint density at radius 2 is 1.87 bits per heavy atom. The Labute approximate surface area is 102 Å². The molecule has 0 fully saturated rings. The SMILES string of the molecule is CCCCC(C)N.Sc1cc(S)nnn1. The molecule has 1 rings (SSSR count). The second-order valence-corrected chi connectivity index (χ2v) is 4.19. The summed E-state index contributed by atoms with van der Waals surface area (Å²) in [6.45, 7) is 4.23. The van der Waals surface area contributed by atoms with Crippen LogP contribution >= 0.6 is 25.3 Å². The third-order valence-electron chi connectivity index (χ3n) is 1.57. The fraction of sp³-hybridized carbons (Fsp3) is 0.667. The molecule has 0 saturated heterocycles. The van der Waals surface area contributed by atoms with Gasteiger partial charge in [0, 0.05) is 12.1 Å². The van der Waals surface area contributed by atoms with Crippen molar-refractivity contribution in [2.75, 3.05) is 0 Å². The molecule has 0 aromatic carbocycles. The number of rotatable bonds is 3. The highest BCUT2D eigenvalue weighted by Crippen LogP contribution is 2.02. The first-order valence-corrected chi connectivity index (χ1v) is 5.79. The highest BCUT2D eigenvalue weighted by Gasteiger charge is 1.88. The summed E-state index contributed by atoms with van der Waals surface area (Å²) in [5.41, 5.74) is 5.48. The van der Waals surface area contributed by atoms with E-state index < -0.39 is 0 Å². The number of unbranched alkanes of at least 4 members (excludes halogenated alkanes) is 1. The summed E-state index contributed by atoms with van der Waals surface area (Å²) >= 11 is 7.78. The van der Waals surface area contributed by atoms with Crippen LogP contribution in [0.15, 0.2) is 16.1 Å². The quantitative estimate of drug-likeness (QED) is 0.714. The zero-order valence-corrected chi connectivity index (χ0v) is 10.9. The van der Waals surface area contributed by atoms with Crippen molar-refractivity contribution in [2.45, 2.75) is 49.2 Å². The summed E-state index contributed by atoms with van der Waals surface area (Å²) in [6, 6.07) is 2.01. The average Bonchev–Trinajstić information content (AvgIpc) is 2.15. The zero-order valence-electron chi connectivity index (χ0n) is 9.09. The Morgan fingerprint density at radius 1 is 1.33 bits per heavy atom. The molecule has 0 saturated carbocycles. The van der Waals surface area contributed by atoms with Gasteiger partial charge in [-0.05, 0) is 18.6 Å². The van der Waals surface area contributed by atoms with Crippen molar-refractivity contribution in [3.8, 4) is 0 Å². The first-order chi connectivity index (χ1) is 7.06. The van der Waals surface area contributed by atoms with Gasteiger partial charge in [0.05, 0.1) is 0 Å². The maximum Gasteiger partial charge on any atom is 0.120 e. The second-order valence-electron chi connectivity index (χ2n) is 3.27. The van der Waals surface area contributed by atoms with E-state index >= 15 is 0 Å². The Kier molecular flexibility index (Phi) is 8.74. The van der Waals surface area contributed by atoms with Gasteiger partial charge in [0.25, 0.3) is 0 Å². The second kappa shape index (κ2) is 8.94. The third-order valence-corrected chi connectivity index (χ3v) is 2.00. The average molecular weight is 246 g/mol. The van der Waals surface area contributed by atoms with Crippen LogP contribution < -0.4 is 5.73 Å². The van der Waals surface area contributed by atoms with Crippen LogP contribution in [0.5, 0.6) is 0 Å². The molecule has 1 atom stereocenters. The molecule has 1 unspecified atom stereocenters. The maximum atomic E-state index is 5.48. The molecule has 2 N–H and O–H groups in total. The predicted octanol–water partition coefficient (Wildman–Crippen LogP) is 1.97. The fourth-order valence-corrected chi connectivity index (χ4v) is 1.24. The maximum absolute atomic E-state index is 5.48. The molecule has 1 aromatic rings. The van der Waals surface area contributed by atoms with Crippen molar-refractivity contribution in [2.24, 2.45) is 5.73 Å². The van der Waals surface area contributed by atoms with E-state index in [9.17, 15) is 0 Å². The summed E-state index contributed by atoms with van der Waals surface area (Å²) in [7, 11) is 0. The van der Waals surface area contributed by atoms with Crippen LogP contribution in [0.25, 0.3) is 0 Å².